The fraction of sp³-hybridized carbons (Fsp3) is 0.812. The highest BCUT2D eigenvalue weighted by Crippen LogP contribution is 2.24. The van der Waals surface area contributed by atoms with Crippen molar-refractivity contribution in [1.29, 1.82) is 0 Å². The van der Waals surface area contributed by atoms with E-state index in [2.05, 4.69) is 10.6 Å². The van der Waals surface area contributed by atoms with Gasteiger partial charge in [-0.15, -0.1) is 0 Å². The number of hydrogen-bond acceptors (Lipinski definition) is 6. The van der Waals surface area contributed by atoms with Gasteiger partial charge in [0.15, 0.2) is 0 Å². The van der Waals surface area contributed by atoms with Gasteiger partial charge in [-0.2, -0.15) is 0 Å². The van der Waals surface area contributed by atoms with Crippen molar-refractivity contribution in [2.24, 2.45) is 10.8 Å². The molecule has 0 saturated heterocycles. The molecule has 0 heterocycles. The second kappa shape index (κ2) is 9.58. The molecule has 0 aromatic carbocycles. The maximum Gasteiger partial charge on any atom is 0.311 e. The van der Waals surface area contributed by atoms with Crippen molar-refractivity contribution in [2.45, 2.75) is 47.1 Å². The van der Waals surface area contributed by atoms with Crippen LogP contribution in [-0.4, -0.2) is 60.4 Å². The van der Waals surface area contributed by atoms with Crippen molar-refractivity contribution in [2.75, 3.05) is 26.3 Å². The van der Waals surface area contributed by atoms with Gasteiger partial charge in [-0.05, 0) is 20.8 Å². The van der Waals surface area contributed by atoms with Crippen LogP contribution in [0.4, 0.5) is 0 Å². The van der Waals surface area contributed by atoms with Gasteiger partial charge in [-0.3, -0.25) is 14.4 Å². The number of carbonyl (C=O) groups excluding carboxylic acids is 3. The van der Waals surface area contributed by atoms with Gasteiger partial charge in [0.05, 0.1) is 18.6 Å². The standard InChI is InChI=1S/C16H30N2O6/c1-15(2,3)14(23)24-10-16(4,5)12(21)13(22)18-7-6-11(20)17-8-9-19/h12,19,21H,6-10H2,1-5H3,(H,17,20)(H,18,22)/t12-/m0/s1. The summed E-state index contributed by atoms with van der Waals surface area (Å²) in [5.74, 6) is -1.36. The average molecular weight is 346 g/mol. The van der Waals surface area contributed by atoms with Gasteiger partial charge in [-0.25, -0.2) is 0 Å². The SMILES string of the molecule is CC(C)(C)C(=O)OCC(C)(C)[C@@H](O)C(=O)NCCC(=O)NCCO. The van der Waals surface area contributed by atoms with Crippen LogP contribution in [0.3, 0.4) is 0 Å². The minimum absolute atomic E-state index is 0.0396. The maximum absolute atomic E-state index is 12.0. The molecule has 0 aliphatic carbocycles. The fourth-order valence-corrected chi connectivity index (χ4v) is 1.58. The summed E-state index contributed by atoms with van der Waals surface area (Å²) in [5, 5.41) is 23.6. The van der Waals surface area contributed by atoms with E-state index in [1.807, 2.05) is 0 Å². The number of aliphatic hydroxyl groups excluding tert-OH is 2. The lowest BCUT2D eigenvalue weighted by Crippen LogP contribution is -2.47. The Morgan fingerprint density at radius 1 is 1.04 bits per heavy atom. The second-order valence-electron chi connectivity index (χ2n) is 7.33. The highest BCUT2D eigenvalue weighted by Gasteiger charge is 2.36. The molecule has 0 rings (SSSR count). The third kappa shape index (κ3) is 8.26. The topological polar surface area (TPSA) is 125 Å². The first kappa shape index (κ1) is 22.3. The Kier molecular flexibility index (Phi) is 8.92. The van der Waals surface area contributed by atoms with E-state index >= 15 is 0 Å². The lowest BCUT2D eigenvalue weighted by Gasteiger charge is -2.30. The third-order valence-electron chi connectivity index (χ3n) is 3.26. The molecule has 0 aliphatic heterocycles. The molecule has 24 heavy (non-hydrogen) atoms. The zero-order valence-corrected chi connectivity index (χ0v) is 15.1. The number of hydrogen-bond donors (Lipinski definition) is 4. The molecule has 0 bridgehead atoms. The van der Waals surface area contributed by atoms with Crippen LogP contribution < -0.4 is 10.6 Å². The molecule has 0 radical (unpaired) electrons. The number of aliphatic hydroxyl groups is 2. The van der Waals surface area contributed by atoms with Crippen molar-refractivity contribution in [3.8, 4) is 0 Å². The van der Waals surface area contributed by atoms with Gasteiger partial charge in [-0.1, -0.05) is 13.8 Å². The van der Waals surface area contributed by atoms with E-state index in [1.54, 1.807) is 34.6 Å². The summed E-state index contributed by atoms with van der Waals surface area (Å²) in [6.45, 7) is 8.33. The molecule has 0 saturated carbocycles. The smallest absolute Gasteiger partial charge is 0.311 e. The van der Waals surface area contributed by atoms with Crippen molar-refractivity contribution in [3.63, 3.8) is 0 Å². The summed E-state index contributed by atoms with van der Waals surface area (Å²) < 4.78 is 5.16. The monoisotopic (exact) mass is 346 g/mol. The van der Waals surface area contributed by atoms with Gasteiger partial charge in [0, 0.05) is 24.9 Å². The Morgan fingerprint density at radius 2 is 1.62 bits per heavy atom. The van der Waals surface area contributed by atoms with E-state index in [-0.39, 0.29) is 38.6 Å². The highest BCUT2D eigenvalue weighted by atomic mass is 16.5. The third-order valence-corrected chi connectivity index (χ3v) is 3.26. The van der Waals surface area contributed by atoms with Crippen molar-refractivity contribution < 1.29 is 29.3 Å². The largest absolute Gasteiger partial charge is 0.465 e. The highest BCUT2D eigenvalue weighted by molar-refractivity contribution is 5.82. The van der Waals surface area contributed by atoms with Crippen LogP contribution >= 0.6 is 0 Å². The van der Waals surface area contributed by atoms with E-state index in [0.29, 0.717) is 0 Å². The average Bonchev–Trinajstić information content (AvgIpc) is 2.48. The van der Waals surface area contributed by atoms with Crippen molar-refractivity contribution in [1.82, 2.24) is 10.6 Å². The molecular formula is C16H30N2O6. The molecule has 0 aromatic rings. The number of nitrogens with one attached hydrogen (secondary N) is 2. The van der Waals surface area contributed by atoms with Crippen LogP contribution in [0.5, 0.6) is 0 Å². The lowest BCUT2D eigenvalue weighted by molar-refractivity contribution is -0.161. The number of esters is 1. The number of carbonyl (C=O) groups is 3. The van der Waals surface area contributed by atoms with E-state index in [4.69, 9.17) is 9.84 Å². The number of rotatable bonds is 9. The van der Waals surface area contributed by atoms with Crippen LogP contribution in [0.1, 0.15) is 41.0 Å². The first-order valence-electron chi connectivity index (χ1n) is 7.92. The van der Waals surface area contributed by atoms with Crippen LogP contribution in [0.15, 0.2) is 0 Å². The quantitative estimate of drug-likeness (QED) is 0.420. The molecule has 8 nitrogen and oxygen atoms in total. The van der Waals surface area contributed by atoms with E-state index in [9.17, 15) is 19.5 Å². The van der Waals surface area contributed by atoms with E-state index in [1.165, 1.54) is 0 Å². The van der Waals surface area contributed by atoms with Gasteiger partial charge in [0.2, 0.25) is 11.8 Å². The molecule has 0 fully saturated rings. The lowest BCUT2D eigenvalue weighted by atomic mass is 9.86. The van der Waals surface area contributed by atoms with Gasteiger partial charge in [0.25, 0.3) is 0 Å². The van der Waals surface area contributed by atoms with E-state index in [0.717, 1.165) is 0 Å². The Morgan fingerprint density at radius 3 is 2.12 bits per heavy atom. The summed E-state index contributed by atoms with van der Waals surface area (Å²) >= 11 is 0. The van der Waals surface area contributed by atoms with Crippen molar-refractivity contribution in [3.05, 3.63) is 0 Å². The minimum Gasteiger partial charge on any atom is -0.465 e. The summed E-state index contributed by atoms with van der Waals surface area (Å²) in [6.07, 6.45) is -1.34. The van der Waals surface area contributed by atoms with Crippen LogP contribution in [0, 0.1) is 10.8 Å². The van der Waals surface area contributed by atoms with Gasteiger partial charge in [0.1, 0.15) is 6.10 Å². The first-order valence-corrected chi connectivity index (χ1v) is 7.92. The fourth-order valence-electron chi connectivity index (χ4n) is 1.58. The summed E-state index contributed by atoms with van der Waals surface area (Å²) in [6, 6.07) is 0. The van der Waals surface area contributed by atoms with Crippen LogP contribution in [0.25, 0.3) is 0 Å². The van der Waals surface area contributed by atoms with Gasteiger partial charge >= 0.3 is 5.97 Å². The summed E-state index contributed by atoms with van der Waals surface area (Å²) in [5.41, 5.74) is -1.63. The molecule has 0 spiro atoms. The Bertz CT molecular complexity index is 442. The molecule has 4 N–H and O–H groups in total. The zero-order valence-electron chi connectivity index (χ0n) is 15.1. The Hall–Kier alpha value is -1.67. The molecule has 0 unspecified atom stereocenters. The minimum atomic E-state index is -1.38. The normalized spacial score (nSPS) is 13.1. The molecule has 0 aromatic heterocycles. The molecular weight excluding hydrogens is 316 g/mol. The molecule has 0 aliphatic rings. The zero-order chi connectivity index (χ0) is 19.0. The molecule has 1 atom stereocenters. The maximum atomic E-state index is 12.0. The van der Waals surface area contributed by atoms with E-state index < -0.39 is 28.8 Å². The molecule has 140 valence electrons. The first-order chi connectivity index (χ1) is 10.9. The van der Waals surface area contributed by atoms with Crippen LogP contribution in [-0.2, 0) is 19.1 Å². The predicted octanol–water partition coefficient (Wildman–Crippen LogP) is -0.422. The Balaban J connectivity index is 4.34. The van der Waals surface area contributed by atoms with Crippen molar-refractivity contribution >= 4 is 17.8 Å². The number of ether oxygens (including phenoxy) is 1. The number of amides is 2. The predicted molar refractivity (Wildman–Crippen MR) is 87.9 cm³/mol. The molecule has 2 amide bonds. The summed E-state index contributed by atoms with van der Waals surface area (Å²) in [4.78, 5) is 35.1. The van der Waals surface area contributed by atoms with Crippen LogP contribution in [0.2, 0.25) is 0 Å². The summed E-state index contributed by atoms with van der Waals surface area (Å²) in [7, 11) is 0. The Labute approximate surface area is 142 Å². The molecule has 8 heteroatoms. The van der Waals surface area contributed by atoms with Gasteiger partial charge < -0.3 is 25.6 Å². The second-order valence-corrected chi connectivity index (χ2v) is 7.33.